The highest BCUT2D eigenvalue weighted by Crippen LogP contribution is 2.36. The molecule has 0 saturated carbocycles. The van der Waals surface area contributed by atoms with Crippen molar-refractivity contribution in [3.8, 4) is 11.5 Å². The SMILES string of the molecule is CC/C(=C(/c1ccc(OCCN(C)C)cc1)c1cccc(OC(=O)c2ccc(CO[N+](=O)[O-])cc2)c1)c1ccccc1. The van der Waals surface area contributed by atoms with E-state index >= 15 is 0 Å². The molecule has 0 bridgehead atoms. The molecule has 8 heteroatoms. The fourth-order valence-electron chi connectivity index (χ4n) is 4.49. The lowest BCUT2D eigenvalue weighted by Crippen LogP contribution is -2.19. The first-order valence-electron chi connectivity index (χ1n) is 13.7. The molecule has 0 unspecified atom stereocenters. The van der Waals surface area contributed by atoms with E-state index in [1.54, 1.807) is 30.3 Å². The van der Waals surface area contributed by atoms with Crippen LogP contribution < -0.4 is 9.47 Å². The van der Waals surface area contributed by atoms with Crippen molar-refractivity contribution in [2.24, 2.45) is 0 Å². The fraction of sp³-hybridized carbons (Fsp3) is 0.206. The molecule has 216 valence electrons. The summed E-state index contributed by atoms with van der Waals surface area (Å²) in [5.74, 6) is 0.677. The van der Waals surface area contributed by atoms with Gasteiger partial charge in [-0.2, -0.15) is 0 Å². The Hall–Kier alpha value is -4.95. The second-order valence-corrected chi connectivity index (χ2v) is 9.86. The van der Waals surface area contributed by atoms with Crippen LogP contribution in [-0.4, -0.2) is 43.2 Å². The monoisotopic (exact) mass is 566 g/mol. The highest BCUT2D eigenvalue weighted by Gasteiger charge is 2.16. The minimum absolute atomic E-state index is 0.191. The number of allylic oxidation sites excluding steroid dienone is 1. The van der Waals surface area contributed by atoms with E-state index in [2.05, 4.69) is 40.9 Å². The third-order valence-corrected chi connectivity index (χ3v) is 6.59. The number of carbonyl (C=O) groups is 1. The molecule has 0 aliphatic carbocycles. The molecule has 8 nitrogen and oxygen atoms in total. The van der Waals surface area contributed by atoms with Gasteiger partial charge in [0.05, 0.1) is 5.56 Å². The van der Waals surface area contributed by atoms with E-state index in [4.69, 9.17) is 9.47 Å². The maximum atomic E-state index is 12.9. The molecular formula is C34H34N2O6. The first kappa shape index (κ1) is 30.0. The third kappa shape index (κ3) is 8.28. The van der Waals surface area contributed by atoms with E-state index in [-0.39, 0.29) is 6.61 Å². The first-order chi connectivity index (χ1) is 20.3. The Balaban J connectivity index is 1.63. The van der Waals surface area contributed by atoms with Gasteiger partial charge in [-0.15, -0.1) is 10.1 Å². The Kier molecular flexibility index (Phi) is 10.4. The van der Waals surface area contributed by atoms with Gasteiger partial charge in [0, 0.05) is 6.54 Å². The van der Waals surface area contributed by atoms with Crippen molar-refractivity contribution in [1.29, 1.82) is 0 Å². The van der Waals surface area contributed by atoms with Crippen LogP contribution in [0.15, 0.2) is 103 Å². The molecule has 0 amide bonds. The highest BCUT2D eigenvalue weighted by molar-refractivity contribution is 5.99. The van der Waals surface area contributed by atoms with Crippen molar-refractivity contribution >= 4 is 17.1 Å². The number of hydrogen-bond donors (Lipinski definition) is 0. The summed E-state index contributed by atoms with van der Waals surface area (Å²) in [5, 5.41) is 9.58. The molecular weight excluding hydrogens is 532 g/mol. The summed E-state index contributed by atoms with van der Waals surface area (Å²) in [7, 11) is 4.02. The van der Waals surface area contributed by atoms with Gasteiger partial charge >= 0.3 is 5.97 Å². The molecule has 0 aliphatic rings. The van der Waals surface area contributed by atoms with Crippen molar-refractivity contribution in [3.63, 3.8) is 0 Å². The Morgan fingerprint density at radius 3 is 2.10 bits per heavy atom. The number of benzene rings is 4. The Morgan fingerprint density at radius 2 is 1.45 bits per heavy atom. The zero-order valence-corrected chi connectivity index (χ0v) is 24.0. The van der Waals surface area contributed by atoms with Gasteiger partial charge in [0.15, 0.2) is 0 Å². The first-order valence-corrected chi connectivity index (χ1v) is 13.7. The van der Waals surface area contributed by atoms with E-state index in [1.807, 2.05) is 62.6 Å². The van der Waals surface area contributed by atoms with Gasteiger partial charge in [-0.3, -0.25) is 0 Å². The Bertz CT molecular complexity index is 1510. The summed E-state index contributed by atoms with van der Waals surface area (Å²) in [4.78, 5) is 29.8. The van der Waals surface area contributed by atoms with Gasteiger partial charge in [-0.25, -0.2) is 4.79 Å². The van der Waals surface area contributed by atoms with Crippen molar-refractivity contribution in [2.45, 2.75) is 20.0 Å². The molecule has 0 fully saturated rings. The lowest BCUT2D eigenvalue weighted by Gasteiger charge is -2.18. The lowest BCUT2D eigenvalue weighted by molar-refractivity contribution is -0.763. The van der Waals surface area contributed by atoms with Crippen molar-refractivity contribution < 1.29 is 24.2 Å². The van der Waals surface area contributed by atoms with Gasteiger partial charge < -0.3 is 19.2 Å². The predicted molar refractivity (Wildman–Crippen MR) is 163 cm³/mol. The van der Waals surface area contributed by atoms with E-state index in [9.17, 15) is 14.9 Å². The van der Waals surface area contributed by atoms with Crippen LogP contribution in [0.25, 0.3) is 11.1 Å². The standard InChI is InChI=1S/C34H34N2O6/c1-4-32(26-9-6-5-7-10-26)33(27-17-19-30(20-18-27)40-22-21-35(2)3)29-11-8-12-31(23-29)42-34(37)28-15-13-25(14-16-28)24-41-36(38)39/h5-20,23H,4,21-22,24H2,1-3H3/b33-32+. The van der Waals surface area contributed by atoms with Crippen LogP contribution in [0.4, 0.5) is 0 Å². The maximum Gasteiger partial charge on any atom is 0.343 e. The molecule has 0 saturated heterocycles. The van der Waals surface area contributed by atoms with E-state index in [0.717, 1.165) is 46.6 Å². The topological polar surface area (TPSA) is 91.1 Å². The van der Waals surface area contributed by atoms with Crippen molar-refractivity contribution in [1.82, 2.24) is 4.90 Å². The number of nitrogens with zero attached hydrogens (tertiary/aromatic N) is 2. The number of ether oxygens (including phenoxy) is 2. The molecule has 4 aromatic rings. The average molecular weight is 567 g/mol. The molecule has 0 atom stereocenters. The Morgan fingerprint density at radius 1 is 0.786 bits per heavy atom. The van der Waals surface area contributed by atoms with Crippen LogP contribution in [0.2, 0.25) is 0 Å². The normalized spacial score (nSPS) is 11.5. The number of esters is 1. The van der Waals surface area contributed by atoms with Crippen LogP contribution in [0.5, 0.6) is 11.5 Å². The Labute approximate surface area is 245 Å². The number of carbonyl (C=O) groups excluding carboxylic acids is 1. The van der Waals surface area contributed by atoms with Crippen LogP contribution in [0, 0.1) is 10.1 Å². The molecule has 42 heavy (non-hydrogen) atoms. The summed E-state index contributed by atoms with van der Waals surface area (Å²) < 4.78 is 11.7. The van der Waals surface area contributed by atoms with Gasteiger partial charge in [0.1, 0.15) is 24.7 Å². The molecule has 0 spiro atoms. The van der Waals surface area contributed by atoms with Crippen LogP contribution in [-0.2, 0) is 11.4 Å². The van der Waals surface area contributed by atoms with Crippen LogP contribution >= 0.6 is 0 Å². The highest BCUT2D eigenvalue weighted by atomic mass is 16.9. The van der Waals surface area contributed by atoms with E-state index in [0.29, 0.717) is 23.5 Å². The minimum atomic E-state index is -0.853. The van der Waals surface area contributed by atoms with Crippen molar-refractivity contribution in [3.05, 3.63) is 141 Å². The summed E-state index contributed by atoms with van der Waals surface area (Å²) in [6.07, 6.45) is 0.789. The van der Waals surface area contributed by atoms with E-state index in [1.165, 1.54) is 0 Å². The molecule has 0 radical (unpaired) electrons. The smallest absolute Gasteiger partial charge is 0.343 e. The second kappa shape index (κ2) is 14.6. The van der Waals surface area contributed by atoms with Gasteiger partial charge in [-0.1, -0.05) is 73.7 Å². The lowest BCUT2D eigenvalue weighted by atomic mass is 9.88. The van der Waals surface area contributed by atoms with Crippen LogP contribution in [0.1, 0.15) is 46.0 Å². The molecule has 0 aliphatic heterocycles. The minimum Gasteiger partial charge on any atom is -0.492 e. The second-order valence-electron chi connectivity index (χ2n) is 9.86. The largest absolute Gasteiger partial charge is 0.492 e. The average Bonchev–Trinajstić information content (AvgIpc) is 3.00. The number of hydrogen-bond acceptors (Lipinski definition) is 7. The zero-order chi connectivity index (χ0) is 29.9. The van der Waals surface area contributed by atoms with Crippen molar-refractivity contribution in [2.75, 3.05) is 27.2 Å². The third-order valence-electron chi connectivity index (χ3n) is 6.59. The van der Waals surface area contributed by atoms with Crippen LogP contribution in [0.3, 0.4) is 0 Å². The quantitative estimate of drug-likeness (QED) is 0.0570. The van der Waals surface area contributed by atoms with E-state index < -0.39 is 11.1 Å². The molecule has 4 rings (SSSR count). The van der Waals surface area contributed by atoms with Gasteiger partial charge in [-0.05, 0) is 90.3 Å². The predicted octanol–water partition coefficient (Wildman–Crippen LogP) is 6.92. The molecule has 0 heterocycles. The summed E-state index contributed by atoms with van der Waals surface area (Å²) >= 11 is 0. The molecule has 0 aromatic heterocycles. The number of likely N-dealkylation sites (N-methyl/N-ethyl adjacent to an activating group) is 1. The number of rotatable bonds is 13. The van der Waals surface area contributed by atoms with Gasteiger partial charge in [0.2, 0.25) is 0 Å². The van der Waals surface area contributed by atoms with Gasteiger partial charge in [0.25, 0.3) is 5.09 Å². The molecule has 0 N–H and O–H groups in total. The fourth-order valence-corrected chi connectivity index (χ4v) is 4.49. The summed E-state index contributed by atoms with van der Waals surface area (Å²) in [5.41, 5.74) is 6.14. The summed E-state index contributed by atoms with van der Waals surface area (Å²) in [6.45, 7) is 3.36. The molecule has 4 aromatic carbocycles. The summed E-state index contributed by atoms with van der Waals surface area (Å²) in [6, 6.07) is 32.1. The maximum absolute atomic E-state index is 12.9. The zero-order valence-electron chi connectivity index (χ0n) is 24.0.